The Hall–Kier alpha value is -2.60. The van der Waals surface area contributed by atoms with E-state index in [0.29, 0.717) is 15.7 Å². The van der Waals surface area contributed by atoms with Crippen molar-refractivity contribution in [1.82, 2.24) is 4.90 Å². The van der Waals surface area contributed by atoms with Crippen molar-refractivity contribution in [3.63, 3.8) is 0 Å². The molecule has 1 atom stereocenters. The number of nitrogens with zero attached hydrogens (tertiary/aromatic N) is 1. The fourth-order valence-corrected chi connectivity index (χ4v) is 3.26. The van der Waals surface area contributed by atoms with Crippen molar-refractivity contribution < 1.29 is 9.59 Å². The van der Waals surface area contributed by atoms with Gasteiger partial charge in [-0.05, 0) is 43.6 Å². The molecule has 0 heterocycles. The molecule has 0 aromatic heterocycles. The molecule has 0 saturated heterocycles. The SMILES string of the molecule is C[C@H](C(=O)Nc1cc(Cl)ccc1Cl)N(C)CC(=O)Nc1cccc2ccccc12. The van der Waals surface area contributed by atoms with Gasteiger partial charge in [0.2, 0.25) is 11.8 Å². The number of carbonyl (C=O) groups is 2. The lowest BCUT2D eigenvalue weighted by Gasteiger charge is -2.23. The average molecular weight is 430 g/mol. The first-order valence-corrected chi connectivity index (χ1v) is 9.84. The lowest BCUT2D eigenvalue weighted by Crippen LogP contribution is -2.43. The van der Waals surface area contributed by atoms with Crippen LogP contribution in [0, 0.1) is 0 Å². The van der Waals surface area contributed by atoms with Gasteiger partial charge in [-0.1, -0.05) is 59.6 Å². The van der Waals surface area contributed by atoms with E-state index in [0.717, 1.165) is 16.5 Å². The molecule has 0 saturated carbocycles. The molecule has 0 fully saturated rings. The molecular weight excluding hydrogens is 409 g/mol. The lowest BCUT2D eigenvalue weighted by atomic mass is 10.1. The number of rotatable bonds is 6. The van der Waals surface area contributed by atoms with E-state index in [1.54, 1.807) is 37.1 Å². The van der Waals surface area contributed by atoms with E-state index in [9.17, 15) is 9.59 Å². The van der Waals surface area contributed by atoms with Crippen molar-refractivity contribution in [2.75, 3.05) is 24.2 Å². The highest BCUT2D eigenvalue weighted by atomic mass is 35.5. The zero-order valence-electron chi connectivity index (χ0n) is 16.1. The maximum absolute atomic E-state index is 12.5. The maximum atomic E-state index is 12.5. The Morgan fingerprint density at radius 1 is 0.966 bits per heavy atom. The third-order valence-electron chi connectivity index (χ3n) is 4.68. The summed E-state index contributed by atoms with van der Waals surface area (Å²) in [5.41, 5.74) is 1.17. The Labute approximate surface area is 179 Å². The summed E-state index contributed by atoms with van der Waals surface area (Å²) in [7, 11) is 1.71. The van der Waals surface area contributed by atoms with Crippen LogP contribution in [0.3, 0.4) is 0 Å². The second-order valence-corrected chi connectivity index (χ2v) is 7.62. The molecule has 0 aliphatic rings. The molecule has 2 N–H and O–H groups in total. The Morgan fingerprint density at radius 3 is 2.48 bits per heavy atom. The number of nitrogens with one attached hydrogen (secondary N) is 2. The summed E-state index contributed by atoms with van der Waals surface area (Å²) < 4.78 is 0. The molecule has 0 aliphatic heterocycles. The van der Waals surface area contributed by atoms with Crippen molar-refractivity contribution in [3.8, 4) is 0 Å². The van der Waals surface area contributed by atoms with Crippen LogP contribution in [0.25, 0.3) is 10.8 Å². The summed E-state index contributed by atoms with van der Waals surface area (Å²) in [4.78, 5) is 26.7. The van der Waals surface area contributed by atoms with Gasteiger partial charge in [0, 0.05) is 16.1 Å². The summed E-state index contributed by atoms with van der Waals surface area (Å²) >= 11 is 12.1. The van der Waals surface area contributed by atoms with Crippen molar-refractivity contribution in [2.24, 2.45) is 0 Å². The van der Waals surface area contributed by atoms with Crippen molar-refractivity contribution in [1.29, 1.82) is 0 Å². The zero-order chi connectivity index (χ0) is 21.0. The highest BCUT2D eigenvalue weighted by Crippen LogP contribution is 2.26. The summed E-state index contributed by atoms with van der Waals surface area (Å²) in [6.45, 7) is 1.78. The fraction of sp³-hybridized carbons (Fsp3) is 0.182. The van der Waals surface area contributed by atoms with Crippen LogP contribution in [0.5, 0.6) is 0 Å². The summed E-state index contributed by atoms with van der Waals surface area (Å²) in [5, 5.41) is 8.55. The molecule has 3 aromatic rings. The molecular formula is C22H21Cl2N3O2. The Bertz CT molecular complexity index is 1050. The molecule has 2 amide bonds. The number of hydrogen-bond donors (Lipinski definition) is 2. The monoisotopic (exact) mass is 429 g/mol. The van der Waals surface area contributed by atoms with Crippen LogP contribution in [0.1, 0.15) is 6.92 Å². The lowest BCUT2D eigenvalue weighted by molar-refractivity contribution is -0.122. The van der Waals surface area contributed by atoms with E-state index in [4.69, 9.17) is 23.2 Å². The van der Waals surface area contributed by atoms with Crippen LogP contribution in [-0.4, -0.2) is 36.3 Å². The molecule has 0 unspecified atom stereocenters. The molecule has 3 rings (SSSR count). The third-order valence-corrected chi connectivity index (χ3v) is 5.25. The van der Waals surface area contributed by atoms with Crippen LogP contribution in [0.4, 0.5) is 11.4 Å². The number of benzene rings is 3. The molecule has 0 bridgehead atoms. The first-order chi connectivity index (χ1) is 13.8. The van der Waals surface area contributed by atoms with Gasteiger partial charge in [0.25, 0.3) is 0 Å². The van der Waals surface area contributed by atoms with Gasteiger partial charge in [-0.25, -0.2) is 0 Å². The molecule has 0 radical (unpaired) electrons. The standard InChI is InChI=1S/C22H21Cl2N3O2/c1-14(22(29)26-20-12-16(23)10-11-18(20)24)27(2)13-21(28)25-19-9-5-7-15-6-3-4-8-17(15)19/h3-12,14H,13H2,1-2H3,(H,25,28)(H,26,29)/t14-/m1/s1. The molecule has 0 spiro atoms. The molecule has 7 heteroatoms. The van der Waals surface area contributed by atoms with E-state index in [1.807, 2.05) is 42.5 Å². The van der Waals surface area contributed by atoms with Crippen molar-refractivity contribution in [2.45, 2.75) is 13.0 Å². The van der Waals surface area contributed by atoms with Crippen molar-refractivity contribution >= 4 is 57.2 Å². The number of carbonyl (C=O) groups excluding carboxylic acids is 2. The largest absolute Gasteiger partial charge is 0.324 e. The minimum Gasteiger partial charge on any atom is -0.324 e. The highest BCUT2D eigenvalue weighted by Gasteiger charge is 2.21. The number of fused-ring (bicyclic) bond motifs is 1. The van der Waals surface area contributed by atoms with Gasteiger partial charge in [0.1, 0.15) is 0 Å². The fourth-order valence-electron chi connectivity index (χ4n) is 2.92. The Kier molecular flexibility index (Phi) is 6.75. The summed E-state index contributed by atoms with van der Waals surface area (Å²) in [6.07, 6.45) is 0. The van der Waals surface area contributed by atoms with Crippen LogP contribution < -0.4 is 10.6 Å². The van der Waals surface area contributed by atoms with Crippen LogP contribution in [0.15, 0.2) is 60.7 Å². The van der Waals surface area contributed by atoms with Gasteiger partial charge in [0.05, 0.1) is 23.3 Å². The third kappa shape index (κ3) is 5.26. The topological polar surface area (TPSA) is 61.4 Å². The smallest absolute Gasteiger partial charge is 0.241 e. The van der Waals surface area contributed by atoms with Gasteiger partial charge >= 0.3 is 0 Å². The Morgan fingerprint density at radius 2 is 1.69 bits per heavy atom. The summed E-state index contributed by atoms with van der Waals surface area (Å²) in [5.74, 6) is -0.487. The minimum absolute atomic E-state index is 0.0566. The van der Waals surface area contributed by atoms with E-state index >= 15 is 0 Å². The van der Waals surface area contributed by atoms with Gasteiger partial charge in [0.15, 0.2) is 0 Å². The van der Waals surface area contributed by atoms with Gasteiger partial charge in [-0.15, -0.1) is 0 Å². The van der Waals surface area contributed by atoms with Gasteiger partial charge < -0.3 is 10.6 Å². The van der Waals surface area contributed by atoms with Crippen molar-refractivity contribution in [3.05, 3.63) is 70.7 Å². The van der Waals surface area contributed by atoms with Gasteiger partial charge in [-0.3, -0.25) is 14.5 Å². The first-order valence-electron chi connectivity index (χ1n) is 9.09. The van der Waals surface area contributed by atoms with E-state index in [1.165, 1.54) is 0 Å². The van der Waals surface area contributed by atoms with Crippen LogP contribution in [0.2, 0.25) is 10.0 Å². The molecule has 5 nitrogen and oxygen atoms in total. The zero-order valence-corrected chi connectivity index (χ0v) is 17.6. The quantitative estimate of drug-likeness (QED) is 0.576. The molecule has 0 aliphatic carbocycles. The predicted molar refractivity (Wildman–Crippen MR) is 120 cm³/mol. The van der Waals surface area contributed by atoms with Crippen LogP contribution in [-0.2, 0) is 9.59 Å². The normalized spacial score (nSPS) is 12.0. The number of halogens is 2. The number of likely N-dealkylation sites (N-methyl/N-ethyl adjacent to an activating group) is 1. The van der Waals surface area contributed by atoms with E-state index in [-0.39, 0.29) is 18.4 Å². The molecule has 29 heavy (non-hydrogen) atoms. The number of anilines is 2. The predicted octanol–water partition coefficient (Wildman–Crippen LogP) is 5.04. The first kappa shape index (κ1) is 21.1. The average Bonchev–Trinajstić information content (AvgIpc) is 2.70. The summed E-state index contributed by atoms with van der Waals surface area (Å²) in [6, 6.07) is 17.9. The van der Waals surface area contributed by atoms with E-state index < -0.39 is 6.04 Å². The van der Waals surface area contributed by atoms with E-state index in [2.05, 4.69) is 10.6 Å². The second kappa shape index (κ2) is 9.27. The van der Waals surface area contributed by atoms with Crippen LogP contribution >= 0.6 is 23.2 Å². The number of hydrogen-bond acceptors (Lipinski definition) is 3. The highest BCUT2D eigenvalue weighted by molar-refractivity contribution is 6.35. The molecule has 3 aromatic carbocycles. The van der Waals surface area contributed by atoms with Gasteiger partial charge in [-0.2, -0.15) is 0 Å². The second-order valence-electron chi connectivity index (χ2n) is 6.78. The number of amides is 2. The maximum Gasteiger partial charge on any atom is 0.241 e. The minimum atomic E-state index is -0.552. The molecule has 150 valence electrons. The Balaban J connectivity index is 1.62.